The van der Waals surface area contributed by atoms with Gasteiger partial charge in [0.2, 0.25) is 0 Å². The van der Waals surface area contributed by atoms with E-state index in [1.807, 2.05) is 48.5 Å². The van der Waals surface area contributed by atoms with Crippen molar-refractivity contribution in [3.05, 3.63) is 156 Å². The average Bonchev–Trinajstić information content (AvgIpc) is 3.70. The number of fused-ring (bicyclic) bond motifs is 3. The lowest BCUT2D eigenvalue weighted by Gasteiger charge is -2.17. The molecule has 1 aliphatic carbocycles. The van der Waals surface area contributed by atoms with Gasteiger partial charge >= 0.3 is 17.9 Å². The summed E-state index contributed by atoms with van der Waals surface area (Å²) in [4.78, 5) is 40.4. The molecule has 0 atom stereocenters. The Labute approximate surface area is 425 Å². The van der Waals surface area contributed by atoms with E-state index in [1.54, 1.807) is 72.8 Å². The summed E-state index contributed by atoms with van der Waals surface area (Å²) in [7, 11) is 0. The van der Waals surface area contributed by atoms with Crippen LogP contribution in [0.4, 0.5) is 0 Å². The van der Waals surface area contributed by atoms with Crippen molar-refractivity contribution in [1.82, 2.24) is 0 Å². The number of esters is 3. The van der Waals surface area contributed by atoms with Gasteiger partial charge in [0.1, 0.15) is 34.5 Å². The lowest BCUT2D eigenvalue weighted by Crippen LogP contribution is -2.12. The molecule has 0 heterocycles. The Morgan fingerprint density at radius 2 is 0.708 bits per heavy atom. The second-order valence-corrected chi connectivity index (χ2v) is 18.3. The van der Waals surface area contributed by atoms with E-state index in [4.69, 9.17) is 33.2 Å². The number of unbranched alkanes of at least 4 members (excludes halogenated alkanes) is 10. The molecule has 0 aromatic heterocycles. The van der Waals surface area contributed by atoms with Crippen LogP contribution < -0.4 is 28.4 Å². The molecule has 0 spiro atoms. The van der Waals surface area contributed by atoms with Gasteiger partial charge in [0.05, 0.1) is 37.6 Å². The summed E-state index contributed by atoms with van der Waals surface area (Å²) >= 11 is 0. The van der Waals surface area contributed by atoms with Crippen LogP contribution >= 0.6 is 0 Å². The minimum atomic E-state index is -0.851. The molecule has 10 heteroatoms. The van der Waals surface area contributed by atoms with Crippen molar-refractivity contribution in [3.8, 4) is 56.8 Å². The zero-order valence-electron chi connectivity index (χ0n) is 42.3. The Hall–Kier alpha value is -7.07. The van der Waals surface area contributed by atoms with Gasteiger partial charge in [0, 0.05) is 17.5 Å². The third-order valence-corrected chi connectivity index (χ3v) is 12.6. The number of hydrogen-bond acceptors (Lipinski definition) is 10. The molecule has 0 unspecified atom stereocenters. The van der Waals surface area contributed by atoms with Gasteiger partial charge in [-0.15, -0.1) is 0 Å². The van der Waals surface area contributed by atoms with Crippen molar-refractivity contribution < 1.29 is 47.5 Å². The van der Waals surface area contributed by atoms with Crippen LogP contribution in [0.15, 0.2) is 133 Å². The second kappa shape index (κ2) is 28.1. The average molecular weight is 975 g/mol. The molecule has 0 aliphatic heterocycles. The highest BCUT2D eigenvalue weighted by atomic mass is 16.6. The van der Waals surface area contributed by atoms with E-state index in [2.05, 4.69) is 32.9 Å². The van der Waals surface area contributed by atoms with E-state index in [9.17, 15) is 14.4 Å². The van der Waals surface area contributed by atoms with Crippen LogP contribution in [0, 0.1) is 0 Å². The lowest BCUT2D eigenvalue weighted by molar-refractivity contribution is -0.147. The fourth-order valence-corrected chi connectivity index (χ4v) is 8.53. The highest BCUT2D eigenvalue weighted by Gasteiger charge is 2.33. The number of benzene rings is 6. The fraction of sp³-hybridized carbons (Fsp3) is 0.371. The Morgan fingerprint density at radius 1 is 0.375 bits per heavy atom. The number of hydrogen-bond donors (Lipinski definition) is 0. The SMILES string of the molecule is CCCCCCOc1ccc(C(=O)Oc2ccc3c(c2)C(OC(=O)CCCCOc2ccc(-c4ccc(OCCCCCC)cc4)cc2)c2cc(OC(=O)c4ccc(OCCCCCC)cc4)ccc2-3)cc1. The van der Waals surface area contributed by atoms with E-state index in [0.29, 0.717) is 77.9 Å². The molecule has 10 nitrogen and oxygen atoms in total. The molecular weight excluding hydrogens is 905 g/mol. The Balaban J connectivity index is 0.963. The number of carbonyl (C=O) groups excluding carboxylic acids is 3. The molecule has 378 valence electrons. The van der Waals surface area contributed by atoms with Crippen LogP contribution in [0.3, 0.4) is 0 Å². The number of rotatable bonds is 30. The summed E-state index contributed by atoms with van der Waals surface area (Å²) in [6.07, 6.45) is 14.0. The maximum absolute atomic E-state index is 13.6. The molecule has 0 N–H and O–H groups in total. The summed E-state index contributed by atoms with van der Waals surface area (Å²) in [5, 5.41) is 0. The van der Waals surface area contributed by atoms with Crippen LogP contribution in [-0.2, 0) is 9.53 Å². The summed E-state index contributed by atoms with van der Waals surface area (Å²) in [5.74, 6) is 2.14. The van der Waals surface area contributed by atoms with Crippen molar-refractivity contribution in [2.75, 3.05) is 26.4 Å². The van der Waals surface area contributed by atoms with Crippen molar-refractivity contribution in [1.29, 1.82) is 0 Å². The topological polar surface area (TPSA) is 116 Å². The van der Waals surface area contributed by atoms with Gasteiger partial charge in [-0.25, -0.2) is 9.59 Å². The summed E-state index contributed by atoms with van der Waals surface area (Å²) < 4.78 is 41.7. The molecule has 0 fully saturated rings. The molecule has 0 saturated carbocycles. The molecule has 0 amide bonds. The van der Waals surface area contributed by atoms with Gasteiger partial charge in [-0.2, -0.15) is 0 Å². The molecule has 0 saturated heterocycles. The van der Waals surface area contributed by atoms with Crippen LogP contribution in [-0.4, -0.2) is 44.3 Å². The molecule has 1 aliphatic rings. The monoisotopic (exact) mass is 974 g/mol. The van der Waals surface area contributed by atoms with Crippen molar-refractivity contribution >= 4 is 17.9 Å². The lowest BCUT2D eigenvalue weighted by atomic mass is 10.1. The Morgan fingerprint density at radius 3 is 1.07 bits per heavy atom. The summed E-state index contributed by atoms with van der Waals surface area (Å²) in [5.41, 5.74) is 5.85. The van der Waals surface area contributed by atoms with Crippen LogP contribution in [0.1, 0.15) is 155 Å². The van der Waals surface area contributed by atoms with Crippen molar-refractivity contribution in [2.45, 2.75) is 123 Å². The number of carbonyl (C=O) groups is 3. The standard InChI is InChI=1S/C62H70O10/c1-4-7-10-14-39-66-49-27-19-45(20-28-49)46-21-29-50(30-22-46)69-42-17-13-18-59(63)72-60-57-43-53(70-61(64)47-23-31-51(32-24-47)67-40-15-11-8-5-2)35-37-55(57)56-38-36-54(44-58(56)60)71-62(65)48-25-33-52(34-26-48)68-41-16-12-9-6-3/h19-38,43-44,60H,4-18,39-42H2,1-3H3. The molecule has 0 radical (unpaired) electrons. The zero-order valence-corrected chi connectivity index (χ0v) is 42.3. The third-order valence-electron chi connectivity index (χ3n) is 12.6. The molecule has 6 aromatic carbocycles. The van der Waals surface area contributed by atoms with E-state index >= 15 is 0 Å². The van der Waals surface area contributed by atoms with Crippen LogP contribution in [0.2, 0.25) is 0 Å². The van der Waals surface area contributed by atoms with Crippen LogP contribution in [0.5, 0.6) is 34.5 Å². The predicted molar refractivity (Wildman–Crippen MR) is 283 cm³/mol. The first-order chi connectivity index (χ1) is 35.3. The van der Waals surface area contributed by atoms with E-state index in [0.717, 1.165) is 85.3 Å². The Bertz CT molecular complexity index is 2500. The van der Waals surface area contributed by atoms with E-state index in [-0.39, 0.29) is 6.42 Å². The number of ether oxygens (including phenoxy) is 7. The predicted octanol–water partition coefficient (Wildman–Crippen LogP) is 15.5. The first-order valence-corrected chi connectivity index (χ1v) is 26.2. The molecule has 0 bridgehead atoms. The minimum Gasteiger partial charge on any atom is -0.494 e. The fourth-order valence-electron chi connectivity index (χ4n) is 8.53. The minimum absolute atomic E-state index is 0.155. The zero-order chi connectivity index (χ0) is 50.3. The van der Waals surface area contributed by atoms with Crippen molar-refractivity contribution in [2.24, 2.45) is 0 Å². The first kappa shape index (κ1) is 52.7. The van der Waals surface area contributed by atoms with E-state index in [1.165, 1.54) is 32.1 Å². The Kier molecular flexibility index (Phi) is 20.6. The van der Waals surface area contributed by atoms with Gasteiger partial charge in [-0.1, -0.05) is 115 Å². The van der Waals surface area contributed by atoms with Gasteiger partial charge in [0.25, 0.3) is 0 Å². The van der Waals surface area contributed by atoms with Gasteiger partial charge < -0.3 is 33.2 Å². The molecule has 6 aromatic rings. The van der Waals surface area contributed by atoms with Crippen molar-refractivity contribution in [3.63, 3.8) is 0 Å². The normalized spacial score (nSPS) is 11.6. The second-order valence-electron chi connectivity index (χ2n) is 18.3. The van der Waals surface area contributed by atoms with Gasteiger partial charge in [-0.3, -0.25) is 4.79 Å². The quantitative estimate of drug-likeness (QED) is 0.0245. The van der Waals surface area contributed by atoms with Gasteiger partial charge in [0.15, 0.2) is 6.10 Å². The summed E-state index contributed by atoms with van der Waals surface area (Å²) in [6.45, 7) is 8.96. The molecular formula is C62H70O10. The maximum Gasteiger partial charge on any atom is 0.343 e. The maximum atomic E-state index is 13.6. The highest BCUT2D eigenvalue weighted by Crippen LogP contribution is 2.48. The first-order valence-electron chi connectivity index (χ1n) is 26.2. The van der Waals surface area contributed by atoms with Crippen LogP contribution in [0.25, 0.3) is 22.3 Å². The van der Waals surface area contributed by atoms with Gasteiger partial charge in [-0.05, 0) is 151 Å². The van der Waals surface area contributed by atoms with E-state index < -0.39 is 24.0 Å². The smallest absolute Gasteiger partial charge is 0.343 e. The summed E-state index contributed by atoms with van der Waals surface area (Å²) in [6, 6.07) is 40.6. The molecule has 7 rings (SSSR count). The largest absolute Gasteiger partial charge is 0.494 e. The highest BCUT2D eigenvalue weighted by molar-refractivity contribution is 5.92. The third kappa shape index (κ3) is 15.7. The molecule has 72 heavy (non-hydrogen) atoms.